The lowest BCUT2D eigenvalue weighted by Crippen LogP contribution is -2.28. The zero-order chi connectivity index (χ0) is 57.9. The first-order valence-corrected chi connectivity index (χ1v) is 31.9. The van der Waals surface area contributed by atoms with Crippen molar-refractivity contribution in [2.45, 2.75) is 10.8 Å². The van der Waals surface area contributed by atoms with Crippen LogP contribution in [0.4, 0.5) is 34.1 Å². The lowest BCUT2D eigenvalue weighted by atomic mass is 9.67. The van der Waals surface area contributed by atoms with E-state index in [1.165, 1.54) is 118 Å². The SMILES string of the molecule is c1ccc(N(c2cccc(C3(c4ccccc4)c4ccccc4-c4ccccc43)c2)c2ccc3c(c2)sc2cc4cc5c(cc4cc23)sc2cc(N(c3ccccc3)c3cccc(C4(c6ccccc6)c6ccccc6-c6ccccc64)c3)ccc25)cc1. The molecule has 2 nitrogen and oxygen atoms in total. The average molecular weight is 1160 g/mol. The second-order valence-electron chi connectivity index (χ2n) is 23.5. The second kappa shape index (κ2) is 20.0. The van der Waals surface area contributed by atoms with Gasteiger partial charge < -0.3 is 9.80 Å². The van der Waals surface area contributed by atoms with Gasteiger partial charge in [0.1, 0.15) is 0 Å². The second-order valence-corrected chi connectivity index (χ2v) is 25.6. The average Bonchev–Trinajstić information content (AvgIpc) is 1.55. The largest absolute Gasteiger partial charge is 0.310 e. The maximum Gasteiger partial charge on any atom is 0.0714 e. The number of benzene rings is 14. The van der Waals surface area contributed by atoms with Gasteiger partial charge in [0, 0.05) is 74.5 Å². The summed E-state index contributed by atoms with van der Waals surface area (Å²) in [6.07, 6.45) is 0. The van der Waals surface area contributed by atoms with E-state index in [2.05, 4.69) is 337 Å². The highest BCUT2D eigenvalue weighted by atomic mass is 32.1. The van der Waals surface area contributed by atoms with E-state index in [1.807, 2.05) is 22.7 Å². The minimum absolute atomic E-state index is 0.504. The molecule has 412 valence electrons. The molecule has 16 aromatic rings. The van der Waals surface area contributed by atoms with Crippen LogP contribution < -0.4 is 9.80 Å². The maximum absolute atomic E-state index is 2.44. The molecule has 0 saturated carbocycles. The first kappa shape index (κ1) is 50.7. The number of hydrogen-bond donors (Lipinski definition) is 0. The topological polar surface area (TPSA) is 6.48 Å². The number of nitrogens with zero attached hydrogens (tertiary/aromatic N) is 2. The molecule has 14 aromatic carbocycles. The molecule has 0 amide bonds. The van der Waals surface area contributed by atoms with Crippen molar-refractivity contribution in [1.82, 2.24) is 0 Å². The normalized spacial score (nSPS) is 13.4. The van der Waals surface area contributed by atoms with Crippen LogP contribution in [0.1, 0.15) is 44.5 Å². The van der Waals surface area contributed by atoms with Crippen LogP contribution in [0.3, 0.4) is 0 Å². The van der Waals surface area contributed by atoms with Gasteiger partial charge >= 0.3 is 0 Å². The number of hydrogen-bond acceptors (Lipinski definition) is 4. The Hall–Kier alpha value is -10.6. The summed E-state index contributed by atoms with van der Waals surface area (Å²) in [5.74, 6) is 0. The summed E-state index contributed by atoms with van der Waals surface area (Å²) >= 11 is 3.77. The Morgan fingerprint density at radius 3 is 0.875 bits per heavy atom. The van der Waals surface area contributed by atoms with Crippen molar-refractivity contribution in [2.24, 2.45) is 0 Å². The molecule has 2 heterocycles. The fourth-order valence-corrected chi connectivity index (χ4v) is 17.6. The summed E-state index contributed by atoms with van der Waals surface area (Å²) in [7, 11) is 0. The third kappa shape index (κ3) is 7.53. The van der Waals surface area contributed by atoms with Crippen LogP contribution in [0.5, 0.6) is 0 Å². The third-order valence-corrected chi connectivity index (χ3v) is 21.2. The Morgan fingerprint density at radius 2 is 0.500 bits per heavy atom. The van der Waals surface area contributed by atoms with Gasteiger partial charge in [0.05, 0.1) is 10.8 Å². The van der Waals surface area contributed by atoms with Gasteiger partial charge in [-0.15, -0.1) is 22.7 Å². The molecule has 0 aliphatic heterocycles. The molecular weight excluding hydrogens is 1100 g/mol. The van der Waals surface area contributed by atoms with Crippen LogP contribution in [0.2, 0.25) is 0 Å². The van der Waals surface area contributed by atoms with Crippen LogP contribution >= 0.6 is 22.7 Å². The fourth-order valence-electron chi connectivity index (χ4n) is 15.3. The Labute approximate surface area is 519 Å². The van der Waals surface area contributed by atoms with E-state index < -0.39 is 10.8 Å². The summed E-state index contributed by atoms with van der Waals surface area (Å²) < 4.78 is 5.11. The maximum atomic E-state index is 2.44. The van der Waals surface area contributed by atoms with E-state index >= 15 is 0 Å². The van der Waals surface area contributed by atoms with Gasteiger partial charge in [0.15, 0.2) is 0 Å². The molecule has 18 rings (SSSR count). The fraction of sp³-hybridized carbons (Fsp3) is 0.0238. The quantitative estimate of drug-likeness (QED) is 0.135. The Morgan fingerprint density at radius 1 is 0.205 bits per heavy atom. The molecule has 88 heavy (non-hydrogen) atoms. The van der Waals surface area contributed by atoms with E-state index in [9.17, 15) is 0 Å². The number of rotatable bonds is 10. The number of fused-ring (bicyclic) bond motifs is 13. The highest BCUT2D eigenvalue weighted by molar-refractivity contribution is 7.26. The number of anilines is 6. The molecule has 4 heteroatoms. The predicted molar refractivity (Wildman–Crippen MR) is 374 cm³/mol. The molecule has 2 aromatic heterocycles. The van der Waals surface area contributed by atoms with E-state index in [4.69, 9.17) is 0 Å². The number of para-hydroxylation sites is 2. The van der Waals surface area contributed by atoms with E-state index in [0.29, 0.717) is 0 Å². The zero-order valence-corrected chi connectivity index (χ0v) is 49.5. The van der Waals surface area contributed by atoms with Crippen LogP contribution in [-0.4, -0.2) is 0 Å². The van der Waals surface area contributed by atoms with Crippen LogP contribution in [0, 0.1) is 0 Å². The van der Waals surface area contributed by atoms with Gasteiger partial charge in [-0.1, -0.05) is 231 Å². The van der Waals surface area contributed by atoms with Gasteiger partial charge in [0.2, 0.25) is 0 Å². The molecular formula is C84H54N2S2. The van der Waals surface area contributed by atoms with Gasteiger partial charge in [-0.25, -0.2) is 0 Å². The van der Waals surface area contributed by atoms with Crippen molar-refractivity contribution in [3.63, 3.8) is 0 Å². The Bertz CT molecular complexity index is 4980. The zero-order valence-electron chi connectivity index (χ0n) is 47.9. The minimum Gasteiger partial charge on any atom is -0.310 e. The Balaban J connectivity index is 0.729. The van der Waals surface area contributed by atoms with Crippen molar-refractivity contribution < 1.29 is 0 Å². The van der Waals surface area contributed by atoms with Crippen molar-refractivity contribution in [3.8, 4) is 22.3 Å². The molecule has 0 atom stereocenters. The van der Waals surface area contributed by atoms with Crippen molar-refractivity contribution in [3.05, 3.63) is 372 Å². The molecule has 0 bridgehead atoms. The lowest BCUT2D eigenvalue weighted by Gasteiger charge is -2.35. The standard InChI is InChI=1S/C84H54N2S2/c1-5-23-57(24-6-1)83(75-39-17-13-35-67(75)68-36-14-18-40-76(68)83)59-27-21-33-63(51-59)85(61-29-9-3-10-30-61)65-43-45-71-73-47-55-50-80-74(48-56(55)49-79(73)87-81(71)53-65)72-46-44-66(54-82(72)88-80)86(62-31-11-4-12-32-62)64-34-22-28-60(52-64)84(58-25-7-2-8-26-58)77-41-19-15-37-69(77)70-38-16-20-42-78(70)84/h1-54H. The molecule has 2 aliphatic rings. The van der Waals surface area contributed by atoms with E-state index in [0.717, 1.165) is 34.1 Å². The Kier molecular flexibility index (Phi) is 11.5. The predicted octanol–water partition coefficient (Wildman–Crippen LogP) is 23.2. The summed E-state index contributed by atoms with van der Waals surface area (Å²) in [5.41, 5.74) is 21.1. The molecule has 0 radical (unpaired) electrons. The van der Waals surface area contributed by atoms with Crippen molar-refractivity contribution in [2.75, 3.05) is 9.80 Å². The van der Waals surface area contributed by atoms with Gasteiger partial charge in [-0.3, -0.25) is 0 Å². The van der Waals surface area contributed by atoms with Crippen LogP contribution in [-0.2, 0) is 10.8 Å². The van der Waals surface area contributed by atoms with Crippen molar-refractivity contribution in [1.29, 1.82) is 0 Å². The molecule has 0 unspecified atom stereocenters. The first-order chi connectivity index (χ1) is 43.6. The highest BCUT2D eigenvalue weighted by Crippen LogP contribution is 2.59. The van der Waals surface area contributed by atoms with Gasteiger partial charge in [-0.2, -0.15) is 0 Å². The molecule has 0 N–H and O–H groups in total. The first-order valence-electron chi connectivity index (χ1n) is 30.3. The highest BCUT2D eigenvalue weighted by Gasteiger charge is 2.47. The summed E-state index contributed by atoms with van der Waals surface area (Å²) in [5, 5.41) is 7.64. The molecule has 0 saturated heterocycles. The number of thiophene rings is 2. The smallest absolute Gasteiger partial charge is 0.0714 e. The summed E-state index contributed by atoms with van der Waals surface area (Å²) in [4.78, 5) is 4.87. The molecule has 0 fully saturated rings. The van der Waals surface area contributed by atoms with Crippen LogP contribution in [0.15, 0.2) is 328 Å². The molecule has 2 aliphatic carbocycles. The van der Waals surface area contributed by atoms with E-state index in [1.54, 1.807) is 0 Å². The molecule has 0 spiro atoms. The summed E-state index contributed by atoms with van der Waals surface area (Å²) in [6, 6.07) is 122. The lowest BCUT2D eigenvalue weighted by molar-refractivity contribution is 0.768. The van der Waals surface area contributed by atoms with Crippen LogP contribution in [0.25, 0.3) is 73.4 Å². The van der Waals surface area contributed by atoms with Crippen molar-refractivity contribution >= 4 is 108 Å². The monoisotopic (exact) mass is 1150 g/mol. The minimum atomic E-state index is -0.504. The summed E-state index contributed by atoms with van der Waals surface area (Å²) in [6.45, 7) is 0. The third-order valence-electron chi connectivity index (χ3n) is 18.9. The van der Waals surface area contributed by atoms with Gasteiger partial charge in [0.25, 0.3) is 0 Å². The van der Waals surface area contributed by atoms with Gasteiger partial charge in [-0.05, 0) is 175 Å². The van der Waals surface area contributed by atoms with E-state index in [-0.39, 0.29) is 0 Å².